The average Bonchev–Trinajstić information content (AvgIpc) is 3.54. The van der Waals surface area contributed by atoms with Crippen molar-refractivity contribution in [3.8, 4) is 17.2 Å². The molecule has 0 saturated heterocycles. The molecule has 0 unspecified atom stereocenters. The maximum absolute atomic E-state index is 12.7. The SMILES string of the molecule is Cc1ccc(Cn2cc(Br)c(NC(=O)c3cc(COc4ccc5c(c4)OCO5)cs3)n2)cc1. The van der Waals surface area contributed by atoms with Crippen molar-refractivity contribution in [1.82, 2.24) is 9.78 Å². The number of hydrogen-bond donors (Lipinski definition) is 1. The fourth-order valence-electron chi connectivity index (χ4n) is 3.32. The fourth-order valence-corrected chi connectivity index (χ4v) is 4.52. The summed E-state index contributed by atoms with van der Waals surface area (Å²) in [6, 6.07) is 15.6. The highest BCUT2D eigenvalue weighted by Crippen LogP contribution is 2.35. The topological polar surface area (TPSA) is 74.6 Å². The molecule has 2 aromatic carbocycles. The lowest BCUT2D eigenvalue weighted by atomic mass is 10.1. The number of aromatic nitrogens is 2. The Hall–Kier alpha value is -3.30. The van der Waals surface area contributed by atoms with E-state index in [1.165, 1.54) is 16.9 Å². The van der Waals surface area contributed by atoms with E-state index in [4.69, 9.17) is 14.2 Å². The van der Waals surface area contributed by atoms with Gasteiger partial charge in [0.1, 0.15) is 12.4 Å². The monoisotopic (exact) mass is 525 g/mol. The molecule has 1 aliphatic heterocycles. The molecule has 0 saturated carbocycles. The molecule has 0 radical (unpaired) electrons. The second-order valence-corrected chi connectivity index (χ2v) is 9.35. The van der Waals surface area contributed by atoms with Gasteiger partial charge >= 0.3 is 0 Å². The van der Waals surface area contributed by atoms with Crippen LogP contribution in [0.3, 0.4) is 0 Å². The number of rotatable bonds is 7. The van der Waals surface area contributed by atoms with Crippen LogP contribution in [0.15, 0.2) is 64.6 Å². The molecule has 33 heavy (non-hydrogen) atoms. The van der Waals surface area contributed by atoms with Crippen LogP contribution in [-0.2, 0) is 13.2 Å². The van der Waals surface area contributed by atoms with Gasteiger partial charge in [0.25, 0.3) is 5.91 Å². The molecule has 1 amide bonds. The zero-order chi connectivity index (χ0) is 22.8. The Morgan fingerprint density at radius 2 is 1.97 bits per heavy atom. The number of ether oxygens (including phenoxy) is 3. The lowest BCUT2D eigenvalue weighted by molar-refractivity contribution is 0.103. The number of halogens is 1. The predicted octanol–water partition coefficient (Wildman–Crippen LogP) is 5.62. The van der Waals surface area contributed by atoms with Gasteiger partial charge in [0.15, 0.2) is 17.3 Å². The summed E-state index contributed by atoms with van der Waals surface area (Å²) in [6.07, 6.45) is 1.86. The molecule has 0 bridgehead atoms. The molecule has 168 valence electrons. The van der Waals surface area contributed by atoms with E-state index in [0.717, 1.165) is 15.6 Å². The summed E-state index contributed by atoms with van der Waals surface area (Å²) in [5, 5.41) is 9.29. The number of carbonyl (C=O) groups excluding carboxylic acids is 1. The number of nitrogens with one attached hydrogen (secondary N) is 1. The zero-order valence-corrected chi connectivity index (χ0v) is 20.1. The van der Waals surface area contributed by atoms with Crippen molar-refractivity contribution in [1.29, 1.82) is 0 Å². The van der Waals surface area contributed by atoms with E-state index in [-0.39, 0.29) is 12.7 Å². The van der Waals surface area contributed by atoms with Gasteiger partial charge in [-0.2, -0.15) is 5.10 Å². The zero-order valence-electron chi connectivity index (χ0n) is 17.7. The quantitative estimate of drug-likeness (QED) is 0.338. The van der Waals surface area contributed by atoms with Gasteiger partial charge in [-0.05, 0) is 52.0 Å². The summed E-state index contributed by atoms with van der Waals surface area (Å²) in [6.45, 7) is 3.25. The number of nitrogens with zero attached hydrogens (tertiary/aromatic N) is 2. The van der Waals surface area contributed by atoms with Crippen LogP contribution < -0.4 is 19.5 Å². The first-order valence-electron chi connectivity index (χ1n) is 10.2. The first-order valence-corrected chi connectivity index (χ1v) is 11.9. The third-order valence-corrected chi connectivity index (χ3v) is 6.60. The molecule has 5 rings (SSSR count). The summed E-state index contributed by atoms with van der Waals surface area (Å²) in [5.74, 6) is 2.34. The molecule has 2 aromatic heterocycles. The van der Waals surface area contributed by atoms with Crippen molar-refractivity contribution in [2.45, 2.75) is 20.1 Å². The average molecular weight is 526 g/mol. The number of hydrogen-bond acceptors (Lipinski definition) is 6. The van der Waals surface area contributed by atoms with E-state index in [9.17, 15) is 4.79 Å². The number of carbonyl (C=O) groups is 1. The second-order valence-electron chi connectivity index (χ2n) is 7.59. The molecule has 0 spiro atoms. The molecule has 7 nitrogen and oxygen atoms in total. The van der Waals surface area contributed by atoms with Gasteiger partial charge in [-0.15, -0.1) is 11.3 Å². The van der Waals surface area contributed by atoms with Crippen LogP contribution in [0.5, 0.6) is 17.2 Å². The number of benzene rings is 2. The van der Waals surface area contributed by atoms with Crippen LogP contribution >= 0.6 is 27.3 Å². The van der Waals surface area contributed by atoms with Crippen molar-refractivity contribution in [3.05, 3.63) is 86.1 Å². The van der Waals surface area contributed by atoms with Crippen molar-refractivity contribution in [3.63, 3.8) is 0 Å². The highest BCUT2D eigenvalue weighted by Gasteiger charge is 2.16. The summed E-state index contributed by atoms with van der Waals surface area (Å²) in [4.78, 5) is 13.3. The van der Waals surface area contributed by atoms with Crippen LogP contribution in [0.2, 0.25) is 0 Å². The van der Waals surface area contributed by atoms with E-state index in [0.29, 0.717) is 41.1 Å². The Kier molecular flexibility index (Phi) is 6.06. The smallest absolute Gasteiger partial charge is 0.266 e. The highest BCUT2D eigenvalue weighted by atomic mass is 79.9. The Morgan fingerprint density at radius 3 is 2.82 bits per heavy atom. The van der Waals surface area contributed by atoms with Gasteiger partial charge in [-0.1, -0.05) is 29.8 Å². The Morgan fingerprint density at radius 1 is 1.15 bits per heavy atom. The summed E-state index contributed by atoms with van der Waals surface area (Å²) < 4.78 is 19.0. The normalized spacial score (nSPS) is 12.1. The van der Waals surface area contributed by atoms with Gasteiger partial charge in [0, 0.05) is 17.8 Å². The summed E-state index contributed by atoms with van der Waals surface area (Å²) in [5.41, 5.74) is 3.26. The van der Waals surface area contributed by atoms with Gasteiger partial charge in [-0.3, -0.25) is 9.48 Å². The number of amides is 1. The molecule has 0 fully saturated rings. The Balaban J connectivity index is 1.19. The molecule has 1 N–H and O–H groups in total. The predicted molar refractivity (Wildman–Crippen MR) is 129 cm³/mol. The van der Waals surface area contributed by atoms with E-state index < -0.39 is 0 Å². The minimum atomic E-state index is -0.212. The number of anilines is 1. The van der Waals surface area contributed by atoms with Crippen LogP contribution in [0.4, 0.5) is 5.82 Å². The lowest BCUT2D eigenvalue weighted by Gasteiger charge is -2.05. The molecule has 0 atom stereocenters. The van der Waals surface area contributed by atoms with E-state index in [1.807, 2.05) is 29.8 Å². The minimum Gasteiger partial charge on any atom is -0.489 e. The summed E-state index contributed by atoms with van der Waals surface area (Å²) in [7, 11) is 0. The number of fused-ring (bicyclic) bond motifs is 1. The van der Waals surface area contributed by atoms with Gasteiger partial charge < -0.3 is 19.5 Å². The van der Waals surface area contributed by atoms with Crippen LogP contribution in [-0.4, -0.2) is 22.5 Å². The molecule has 0 aliphatic carbocycles. The number of thiophene rings is 1. The largest absolute Gasteiger partial charge is 0.489 e. The fraction of sp³-hybridized carbons (Fsp3) is 0.167. The van der Waals surface area contributed by atoms with E-state index >= 15 is 0 Å². The first kappa shape index (κ1) is 21.5. The van der Waals surface area contributed by atoms with Crippen molar-refractivity contribution in [2.75, 3.05) is 12.1 Å². The second kappa shape index (κ2) is 9.29. The lowest BCUT2D eigenvalue weighted by Crippen LogP contribution is -2.11. The van der Waals surface area contributed by atoms with E-state index in [1.54, 1.807) is 10.7 Å². The summed E-state index contributed by atoms with van der Waals surface area (Å²) >= 11 is 4.85. The van der Waals surface area contributed by atoms with Crippen molar-refractivity contribution >= 4 is 39.0 Å². The third-order valence-electron chi connectivity index (χ3n) is 5.04. The van der Waals surface area contributed by atoms with Crippen LogP contribution in [0.1, 0.15) is 26.4 Å². The van der Waals surface area contributed by atoms with Crippen molar-refractivity contribution < 1.29 is 19.0 Å². The molecular formula is C24H20BrN3O4S. The molecule has 9 heteroatoms. The van der Waals surface area contributed by atoms with Crippen molar-refractivity contribution in [2.24, 2.45) is 0 Å². The van der Waals surface area contributed by atoms with Gasteiger partial charge in [0.05, 0.1) is 15.9 Å². The van der Waals surface area contributed by atoms with Gasteiger partial charge in [0.2, 0.25) is 6.79 Å². The van der Waals surface area contributed by atoms with Crippen LogP contribution in [0.25, 0.3) is 0 Å². The Bertz CT molecular complexity index is 1300. The van der Waals surface area contributed by atoms with Crippen LogP contribution in [0, 0.1) is 6.92 Å². The maximum Gasteiger partial charge on any atom is 0.266 e. The molecule has 4 aromatic rings. The molecule has 1 aliphatic rings. The standard InChI is InChI=1S/C24H20BrN3O4S/c1-15-2-4-16(5-3-15)10-28-11-19(25)23(27-28)26-24(29)22-8-17(13-33-22)12-30-18-6-7-20-21(9-18)32-14-31-20/h2-9,11,13H,10,12,14H2,1H3,(H,26,27,29). The maximum atomic E-state index is 12.7. The molecule has 3 heterocycles. The molecular weight excluding hydrogens is 506 g/mol. The number of aryl methyl sites for hydroxylation is 1. The minimum absolute atomic E-state index is 0.212. The highest BCUT2D eigenvalue weighted by molar-refractivity contribution is 9.10. The van der Waals surface area contributed by atoms with E-state index in [2.05, 4.69) is 57.5 Å². The first-order chi connectivity index (χ1) is 16.0. The Labute approximate surface area is 203 Å². The van der Waals surface area contributed by atoms with Gasteiger partial charge in [-0.25, -0.2) is 0 Å². The third kappa shape index (κ3) is 5.04.